The average Bonchev–Trinajstić information content (AvgIpc) is 2.15. The lowest BCUT2D eigenvalue weighted by Gasteiger charge is -2.20. The highest BCUT2D eigenvalue weighted by Gasteiger charge is 2.15. The van der Waals surface area contributed by atoms with Crippen molar-refractivity contribution in [2.75, 3.05) is 13.7 Å². The van der Waals surface area contributed by atoms with Crippen LogP contribution in [0.4, 0.5) is 0 Å². The Morgan fingerprint density at radius 3 is 2.62 bits per heavy atom. The van der Waals surface area contributed by atoms with Crippen LogP contribution < -0.4 is 10.1 Å². The zero-order valence-corrected chi connectivity index (χ0v) is 10.5. The number of benzene rings is 1. The van der Waals surface area contributed by atoms with Gasteiger partial charge in [-0.05, 0) is 33.4 Å². The van der Waals surface area contributed by atoms with Crippen molar-refractivity contribution in [3.05, 3.63) is 29.3 Å². The van der Waals surface area contributed by atoms with Gasteiger partial charge in [-0.1, -0.05) is 18.2 Å². The SMILES string of the molecule is CNCc1cccc(C)c1OCC(C)(C)O. The first-order valence-electron chi connectivity index (χ1n) is 5.52. The molecule has 0 heterocycles. The number of nitrogens with one attached hydrogen (secondary N) is 1. The van der Waals surface area contributed by atoms with E-state index in [0.717, 1.165) is 23.4 Å². The highest BCUT2D eigenvalue weighted by atomic mass is 16.5. The van der Waals surface area contributed by atoms with E-state index in [0.29, 0.717) is 6.61 Å². The molecule has 0 aliphatic heterocycles. The van der Waals surface area contributed by atoms with Crippen LogP contribution in [0, 0.1) is 6.92 Å². The summed E-state index contributed by atoms with van der Waals surface area (Å²) in [4.78, 5) is 0. The molecule has 3 nitrogen and oxygen atoms in total. The molecule has 0 saturated carbocycles. The van der Waals surface area contributed by atoms with Gasteiger partial charge in [0.05, 0.1) is 5.60 Å². The molecule has 0 aromatic heterocycles. The van der Waals surface area contributed by atoms with E-state index in [2.05, 4.69) is 5.32 Å². The Balaban J connectivity index is 2.84. The third kappa shape index (κ3) is 3.83. The van der Waals surface area contributed by atoms with Crippen molar-refractivity contribution in [1.29, 1.82) is 0 Å². The second-order valence-corrected chi connectivity index (χ2v) is 4.69. The summed E-state index contributed by atoms with van der Waals surface area (Å²) in [5.74, 6) is 0.874. The van der Waals surface area contributed by atoms with E-state index in [1.807, 2.05) is 32.2 Å². The lowest BCUT2D eigenvalue weighted by atomic mass is 10.1. The summed E-state index contributed by atoms with van der Waals surface area (Å²) in [6, 6.07) is 6.06. The number of hydrogen-bond donors (Lipinski definition) is 2. The monoisotopic (exact) mass is 223 g/mol. The fraction of sp³-hybridized carbons (Fsp3) is 0.538. The highest BCUT2D eigenvalue weighted by molar-refractivity contribution is 5.40. The second kappa shape index (κ2) is 5.32. The minimum Gasteiger partial charge on any atom is -0.490 e. The Morgan fingerprint density at radius 1 is 1.38 bits per heavy atom. The topological polar surface area (TPSA) is 41.5 Å². The largest absolute Gasteiger partial charge is 0.490 e. The van der Waals surface area contributed by atoms with Crippen LogP contribution in [0.2, 0.25) is 0 Å². The molecule has 0 fully saturated rings. The average molecular weight is 223 g/mol. The van der Waals surface area contributed by atoms with E-state index in [1.54, 1.807) is 13.8 Å². The van der Waals surface area contributed by atoms with Gasteiger partial charge in [-0.15, -0.1) is 0 Å². The minimum absolute atomic E-state index is 0.300. The molecule has 0 amide bonds. The van der Waals surface area contributed by atoms with E-state index in [1.165, 1.54) is 0 Å². The summed E-state index contributed by atoms with van der Waals surface area (Å²) in [5.41, 5.74) is 1.41. The van der Waals surface area contributed by atoms with E-state index in [9.17, 15) is 5.11 Å². The van der Waals surface area contributed by atoms with Gasteiger partial charge in [-0.2, -0.15) is 0 Å². The highest BCUT2D eigenvalue weighted by Crippen LogP contribution is 2.24. The Bertz CT molecular complexity index is 342. The van der Waals surface area contributed by atoms with Gasteiger partial charge >= 0.3 is 0 Å². The van der Waals surface area contributed by atoms with Gasteiger partial charge < -0.3 is 15.2 Å². The van der Waals surface area contributed by atoms with Crippen molar-refractivity contribution in [2.24, 2.45) is 0 Å². The molecule has 0 aliphatic carbocycles. The first kappa shape index (κ1) is 13.0. The molecule has 90 valence electrons. The summed E-state index contributed by atoms with van der Waals surface area (Å²) in [7, 11) is 1.90. The summed E-state index contributed by atoms with van der Waals surface area (Å²) in [6.07, 6.45) is 0. The molecule has 1 aromatic rings. The second-order valence-electron chi connectivity index (χ2n) is 4.69. The Labute approximate surface area is 97.4 Å². The lowest BCUT2D eigenvalue weighted by molar-refractivity contribution is 0.0279. The van der Waals surface area contributed by atoms with Crippen LogP contribution in [-0.2, 0) is 6.54 Å². The van der Waals surface area contributed by atoms with Crippen molar-refractivity contribution < 1.29 is 9.84 Å². The maximum atomic E-state index is 9.65. The molecule has 1 rings (SSSR count). The van der Waals surface area contributed by atoms with Crippen LogP contribution in [0.3, 0.4) is 0 Å². The van der Waals surface area contributed by atoms with Crippen LogP contribution in [0.25, 0.3) is 0 Å². The van der Waals surface area contributed by atoms with Crippen molar-refractivity contribution in [3.63, 3.8) is 0 Å². The van der Waals surface area contributed by atoms with Crippen LogP contribution in [-0.4, -0.2) is 24.4 Å². The zero-order chi connectivity index (χ0) is 12.2. The van der Waals surface area contributed by atoms with Crippen LogP contribution in [0.1, 0.15) is 25.0 Å². The molecule has 16 heavy (non-hydrogen) atoms. The molecule has 0 bridgehead atoms. The zero-order valence-electron chi connectivity index (χ0n) is 10.5. The number of hydrogen-bond acceptors (Lipinski definition) is 3. The number of aryl methyl sites for hydroxylation is 1. The van der Waals surface area contributed by atoms with E-state index >= 15 is 0 Å². The fourth-order valence-corrected chi connectivity index (χ4v) is 1.50. The molecule has 1 aromatic carbocycles. The molecule has 0 radical (unpaired) electrons. The number of para-hydroxylation sites is 1. The summed E-state index contributed by atoms with van der Waals surface area (Å²) in [6.45, 7) is 6.56. The van der Waals surface area contributed by atoms with Crippen LogP contribution in [0.5, 0.6) is 5.75 Å². The fourth-order valence-electron chi connectivity index (χ4n) is 1.50. The third-order valence-electron chi connectivity index (χ3n) is 2.23. The molecular formula is C13H21NO2. The Morgan fingerprint density at radius 2 is 2.06 bits per heavy atom. The van der Waals surface area contributed by atoms with Gasteiger partial charge in [0, 0.05) is 12.1 Å². The first-order valence-corrected chi connectivity index (χ1v) is 5.52. The summed E-state index contributed by atoms with van der Waals surface area (Å²) in [5, 5.41) is 12.8. The van der Waals surface area contributed by atoms with Gasteiger partial charge in [-0.25, -0.2) is 0 Å². The van der Waals surface area contributed by atoms with Gasteiger partial charge in [0.25, 0.3) is 0 Å². The number of rotatable bonds is 5. The molecule has 0 aliphatic rings. The summed E-state index contributed by atoms with van der Waals surface area (Å²) >= 11 is 0. The van der Waals surface area contributed by atoms with E-state index in [-0.39, 0.29) is 0 Å². The number of ether oxygens (including phenoxy) is 1. The van der Waals surface area contributed by atoms with Gasteiger partial charge in [0.15, 0.2) is 0 Å². The Hall–Kier alpha value is -1.06. The van der Waals surface area contributed by atoms with Crippen LogP contribution >= 0.6 is 0 Å². The Kier molecular flexibility index (Phi) is 4.33. The van der Waals surface area contributed by atoms with Crippen molar-refractivity contribution in [3.8, 4) is 5.75 Å². The van der Waals surface area contributed by atoms with E-state index in [4.69, 9.17) is 4.74 Å². The molecule has 2 N–H and O–H groups in total. The molecule has 0 unspecified atom stereocenters. The minimum atomic E-state index is -0.806. The smallest absolute Gasteiger partial charge is 0.126 e. The quantitative estimate of drug-likeness (QED) is 0.800. The molecule has 0 saturated heterocycles. The van der Waals surface area contributed by atoms with Crippen LogP contribution in [0.15, 0.2) is 18.2 Å². The van der Waals surface area contributed by atoms with Crippen molar-refractivity contribution in [1.82, 2.24) is 5.32 Å². The maximum Gasteiger partial charge on any atom is 0.126 e. The van der Waals surface area contributed by atoms with Gasteiger partial charge in [0.2, 0.25) is 0 Å². The lowest BCUT2D eigenvalue weighted by Crippen LogP contribution is -2.28. The predicted octanol–water partition coefficient (Wildman–Crippen LogP) is 1.86. The molecule has 0 atom stereocenters. The first-order chi connectivity index (χ1) is 7.44. The predicted molar refractivity (Wildman–Crippen MR) is 65.7 cm³/mol. The standard InChI is InChI=1S/C13H21NO2/c1-10-6-5-7-11(8-14-4)12(10)16-9-13(2,3)15/h5-7,14-15H,8-9H2,1-4H3. The molecule has 3 heteroatoms. The maximum absolute atomic E-state index is 9.65. The summed E-state index contributed by atoms with van der Waals surface area (Å²) < 4.78 is 5.69. The normalized spacial score (nSPS) is 11.6. The van der Waals surface area contributed by atoms with Crippen molar-refractivity contribution >= 4 is 0 Å². The van der Waals surface area contributed by atoms with Crippen molar-refractivity contribution in [2.45, 2.75) is 32.9 Å². The molecule has 0 spiro atoms. The van der Waals surface area contributed by atoms with Gasteiger partial charge in [0.1, 0.15) is 12.4 Å². The van der Waals surface area contributed by atoms with E-state index < -0.39 is 5.60 Å². The van der Waals surface area contributed by atoms with Gasteiger partial charge in [-0.3, -0.25) is 0 Å². The molecular weight excluding hydrogens is 202 g/mol. The third-order valence-corrected chi connectivity index (χ3v) is 2.23. The number of aliphatic hydroxyl groups is 1.